The SMILES string of the molecule is CN(C)CCN(CC(=O)OC(C)(C)C)C(=O)c1cc2sc(N(C)C)nc2s1. The Morgan fingerprint density at radius 3 is 2.30 bits per heavy atom. The highest BCUT2D eigenvalue weighted by atomic mass is 32.1. The van der Waals surface area contributed by atoms with Crippen molar-refractivity contribution in [2.75, 3.05) is 52.7 Å². The first-order chi connectivity index (χ1) is 12.5. The fourth-order valence-electron chi connectivity index (χ4n) is 2.28. The molecule has 2 rings (SSSR count). The maximum absolute atomic E-state index is 13.0. The van der Waals surface area contributed by atoms with Crippen LogP contribution < -0.4 is 4.90 Å². The van der Waals surface area contributed by atoms with Crippen LogP contribution in [0.5, 0.6) is 0 Å². The fraction of sp³-hybridized carbons (Fsp3) is 0.611. The summed E-state index contributed by atoms with van der Waals surface area (Å²) in [5, 5.41) is 0.911. The minimum Gasteiger partial charge on any atom is -0.459 e. The maximum atomic E-state index is 13.0. The second-order valence-electron chi connectivity index (χ2n) is 7.79. The van der Waals surface area contributed by atoms with Gasteiger partial charge in [-0.25, -0.2) is 4.98 Å². The standard InChI is InChI=1S/C18H28N4O3S2/c1-18(2,3)25-14(23)11-22(9-8-20(4)5)16(24)13-10-12-15(26-13)19-17(27-12)21(6)7/h10H,8-9,11H2,1-7H3. The number of esters is 1. The molecule has 0 radical (unpaired) electrons. The molecule has 7 nitrogen and oxygen atoms in total. The number of anilines is 1. The van der Waals surface area contributed by atoms with Gasteiger partial charge in [0.15, 0.2) is 5.13 Å². The number of hydrogen-bond donors (Lipinski definition) is 0. The van der Waals surface area contributed by atoms with E-state index in [1.165, 1.54) is 11.3 Å². The number of fused-ring (bicyclic) bond motifs is 1. The van der Waals surface area contributed by atoms with Crippen LogP contribution >= 0.6 is 22.7 Å². The van der Waals surface area contributed by atoms with Gasteiger partial charge in [0.25, 0.3) is 5.91 Å². The lowest BCUT2D eigenvalue weighted by atomic mass is 10.2. The number of thiazole rings is 1. The van der Waals surface area contributed by atoms with E-state index in [1.54, 1.807) is 16.2 Å². The van der Waals surface area contributed by atoms with Crippen LogP contribution in [0.4, 0.5) is 5.13 Å². The number of carbonyl (C=O) groups is 2. The second-order valence-corrected chi connectivity index (χ2v) is 9.83. The third-order valence-corrected chi connectivity index (χ3v) is 5.83. The van der Waals surface area contributed by atoms with Gasteiger partial charge in [0, 0.05) is 27.2 Å². The van der Waals surface area contributed by atoms with Crippen molar-refractivity contribution in [1.82, 2.24) is 14.8 Å². The zero-order valence-electron chi connectivity index (χ0n) is 17.0. The number of aromatic nitrogens is 1. The first-order valence-corrected chi connectivity index (χ1v) is 10.3. The Bertz CT molecular complexity index is 774. The van der Waals surface area contributed by atoms with Gasteiger partial charge in [-0.3, -0.25) is 9.59 Å². The van der Waals surface area contributed by atoms with Crippen molar-refractivity contribution in [1.29, 1.82) is 0 Å². The van der Waals surface area contributed by atoms with E-state index in [-0.39, 0.29) is 12.5 Å². The van der Waals surface area contributed by atoms with Crippen LogP contribution in [-0.2, 0) is 9.53 Å². The third-order valence-electron chi connectivity index (χ3n) is 3.52. The van der Waals surface area contributed by atoms with Gasteiger partial charge in [-0.1, -0.05) is 11.3 Å². The monoisotopic (exact) mass is 412 g/mol. The van der Waals surface area contributed by atoms with E-state index in [4.69, 9.17) is 4.74 Å². The molecular weight excluding hydrogens is 384 g/mol. The third kappa shape index (κ3) is 6.15. The molecule has 0 aliphatic heterocycles. The topological polar surface area (TPSA) is 66.0 Å². The van der Waals surface area contributed by atoms with E-state index in [2.05, 4.69) is 4.98 Å². The number of thiophene rings is 1. The Kier molecular flexibility index (Phi) is 6.82. The van der Waals surface area contributed by atoms with E-state index >= 15 is 0 Å². The van der Waals surface area contributed by atoms with Crippen LogP contribution in [0.15, 0.2) is 6.07 Å². The van der Waals surface area contributed by atoms with Gasteiger partial charge >= 0.3 is 5.97 Å². The molecule has 150 valence electrons. The van der Waals surface area contributed by atoms with E-state index in [1.807, 2.05) is 64.8 Å². The van der Waals surface area contributed by atoms with Gasteiger partial charge in [-0.2, -0.15) is 0 Å². The molecule has 0 unspecified atom stereocenters. The number of nitrogens with zero attached hydrogens (tertiary/aromatic N) is 4. The van der Waals surface area contributed by atoms with Crippen molar-refractivity contribution in [3.63, 3.8) is 0 Å². The molecule has 0 N–H and O–H groups in total. The summed E-state index contributed by atoms with van der Waals surface area (Å²) in [6, 6.07) is 1.87. The zero-order chi connectivity index (χ0) is 20.4. The predicted octanol–water partition coefficient (Wildman–Crippen LogP) is 2.77. The largest absolute Gasteiger partial charge is 0.459 e. The zero-order valence-corrected chi connectivity index (χ0v) is 18.7. The molecule has 0 aromatic carbocycles. The Hall–Kier alpha value is -1.71. The molecule has 0 aliphatic rings. The minimum absolute atomic E-state index is 0.0636. The molecule has 9 heteroatoms. The lowest BCUT2D eigenvalue weighted by Crippen LogP contribution is -2.41. The summed E-state index contributed by atoms with van der Waals surface area (Å²) < 4.78 is 6.37. The smallest absolute Gasteiger partial charge is 0.326 e. The van der Waals surface area contributed by atoms with E-state index in [9.17, 15) is 9.59 Å². The van der Waals surface area contributed by atoms with Crippen LogP contribution in [0, 0.1) is 0 Å². The summed E-state index contributed by atoms with van der Waals surface area (Å²) in [7, 11) is 7.75. The molecule has 2 heterocycles. The van der Waals surface area contributed by atoms with Crippen LogP contribution in [-0.4, -0.2) is 80.1 Å². The highest BCUT2D eigenvalue weighted by Gasteiger charge is 2.25. The summed E-state index contributed by atoms with van der Waals surface area (Å²) in [5.41, 5.74) is -0.578. The van der Waals surface area contributed by atoms with Crippen molar-refractivity contribution in [2.24, 2.45) is 0 Å². The first-order valence-electron chi connectivity index (χ1n) is 8.70. The molecule has 1 amide bonds. The van der Waals surface area contributed by atoms with Gasteiger partial charge in [0.1, 0.15) is 17.0 Å². The highest BCUT2D eigenvalue weighted by Crippen LogP contribution is 2.34. The summed E-state index contributed by atoms with van der Waals surface area (Å²) in [5.74, 6) is -0.565. The number of hydrogen-bond acceptors (Lipinski definition) is 8. The Balaban J connectivity index is 2.18. The van der Waals surface area contributed by atoms with Gasteiger partial charge in [0.05, 0.1) is 9.58 Å². The molecule has 0 spiro atoms. The molecule has 2 aromatic rings. The normalized spacial score (nSPS) is 11.9. The first kappa shape index (κ1) is 21.6. The molecule has 0 fully saturated rings. The quantitative estimate of drug-likeness (QED) is 0.652. The number of likely N-dealkylation sites (N-methyl/N-ethyl adjacent to an activating group) is 1. The highest BCUT2D eigenvalue weighted by molar-refractivity contribution is 7.29. The van der Waals surface area contributed by atoms with Crippen LogP contribution in [0.25, 0.3) is 9.53 Å². The van der Waals surface area contributed by atoms with Crippen molar-refractivity contribution in [3.05, 3.63) is 10.9 Å². The van der Waals surface area contributed by atoms with E-state index in [0.29, 0.717) is 18.0 Å². The van der Waals surface area contributed by atoms with Crippen molar-refractivity contribution >= 4 is 49.2 Å². The van der Waals surface area contributed by atoms with Crippen LogP contribution in [0.1, 0.15) is 30.4 Å². The Morgan fingerprint density at radius 1 is 1.11 bits per heavy atom. The average molecular weight is 413 g/mol. The van der Waals surface area contributed by atoms with Gasteiger partial charge in [-0.05, 0) is 40.9 Å². The van der Waals surface area contributed by atoms with Crippen LogP contribution in [0.3, 0.4) is 0 Å². The number of ether oxygens (including phenoxy) is 1. The fourth-order valence-corrected chi connectivity index (χ4v) is 4.38. The lowest BCUT2D eigenvalue weighted by Gasteiger charge is -2.26. The number of rotatable bonds is 7. The van der Waals surface area contributed by atoms with Gasteiger partial charge < -0.3 is 19.4 Å². The minimum atomic E-state index is -0.578. The summed E-state index contributed by atoms with van der Waals surface area (Å²) in [6.45, 7) is 6.50. The molecule has 0 aliphatic carbocycles. The summed E-state index contributed by atoms with van der Waals surface area (Å²) in [4.78, 5) is 36.7. The molecule has 0 atom stereocenters. The Labute approximate surface area is 168 Å². The van der Waals surface area contributed by atoms with Crippen LogP contribution in [0.2, 0.25) is 0 Å². The molecule has 2 aromatic heterocycles. The summed E-state index contributed by atoms with van der Waals surface area (Å²) >= 11 is 2.91. The molecule has 0 saturated carbocycles. The molecule has 27 heavy (non-hydrogen) atoms. The van der Waals surface area contributed by atoms with E-state index < -0.39 is 11.6 Å². The Morgan fingerprint density at radius 2 is 1.78 bits per heavy atom. The van der Waals surface area contributed by atoms with E-state index in [0.717, 1.165) is 14.7 Å². The molecular formula is C18H28N4O3S2. The number of amides is 1. The molecule has 0 saturated heterocycles. The molecule has 0 bridgehead atoms. The average Bonchev–Trinajstić information content (AvgIpc) is 3.07. The van der Waals surface area contributed by atoms with Crippen molar-refractivity contribution in [2.45, 2.75) is 26.4 Å². The van der Waals surface area contributed by atoms with Crippen molar-refractivity contribution < 1.29 is 14.3 Å². The lowest BCUT2D eigenvalue weighted by molar-refractivity contribution is -0.155. The maximum Gasteiger partial charge on any atom is 0.326 e. The predicted molar refractivity (Wildman–Crippen MR) is 112 cm³/mol. The second kappa shape index (κ2) is 8.53. The summed E-state index contributed by atoms with van der Waals surface area (Å²) in [6.07, 6.45) is 0. The van der Waals surface area contributed by atoms with Crippen molar-refractivity contribution in [3.8, 4) is 0 Å². The number of carbonyl (C=O) groups excluding carboxylic acids is 2. The van der Waals surface area contributed by atoms with Gasteiger partial charge in [0.2, 0.25) is 0 Å². The van der Waals surface area contributed by atoms with Gasteiger partial charge in [-0.15, -0.1) is 11.3 Å².